The van der Waals surface area contributed by atoms with Crippen LogP contribution in [-0.2, 0) is 19.4 Å². The van der Waals surface area contributed by atoms with Crippen LogP contribution >= 0.6 is 37.2 Å². The van der Waals surface area contributed by atoms with Crippen LogP contribution in [0.15, 0.2) is 66.1 Å². The Morgan fingerprint density at radius 2 is 1.63 bits per heavy atom. The second-order valence-corrected chi connectivity index (χ2v) is 10.3. The highest BCUT2D eigenvalue weighted by Gasteiger charge is 2.53. The third-order valence-electron chi connectivity index (χ3n) is 5.95. The van der Waals surface area contributed by atoms with Gasteiger partial charge in [-0.1, -0.05) is 0 Å². The molecular weight excluding hydrogens is 581 g/mol. The van der Waals surface area contributed by atoms with E-state index in [-0.39, 0.29) is 68.1 Å². The summed E-state index contributed by atoms with van der Waals surface area (Å²) in [5, 5.41) is 17.9. The normalized spacial score (nSPS) is 14.3. The number of hydrogen-bond acceptors (Lipinski definition) is 9. The average Bonchev–Trinajstić information content (AvgIpc) is 3.43. The molecule has 15 heteroatoms. The molecule has 4 rings (SSSR count). The van der Waals surface area contributed by atoms with E-state index in [1.54, 1.807) is 35.3 Å². The fraction of sp³-hybridized carbons (Fsp3) is 0.348. The van der Waals surface area contributed by atoms with E-state index >= 15 is 0 Å². The van der Waals surface area contributed by atoms with Gasteiger partial charge in [0.15, 0.2) is 14.6 Å². The lowest BCUT2D eigenvalue weighted by molar-refractivity contribution is -0.171. The largest absolute Gasteiger partial charge is 0.457 e. The van der Waals surface area contributed by atoms with Gasteiger partial charge < -0.3 is 14.8 Å². The molecule has 3 aromatic rings. The van der Waals surface area contributed by atoms with E-state index in [9.17, 15) is 18.4 Å². The van der Waals surface area contributed by atoms with Crippen molar-refractivity contribution in [3.05, 3.63) is 61.2 Å². The van der Waals surface area contributed by atoms with Crippen molar-refractivity contribution in [1.82, 2.24) is 25.1 Å². The van der Waals surface area contributed by atoms with Gasteiger partial charge in [-0.25, -0.2) is 23.1 Å². The van der Waals surface area contributed by atoms with Gasteiger partial charge in [-0.15, -0.1) is 37.2 Å². The predicted molar refractivity (Wildman–Crippen MR) is 147 cm³/mol. The Hall–Kier alpha value is -2.45. The molecule has 0 bridgehead atoms. The van der Waals surface area contributed by atoms with Crippen molar-refractivity contribution in [2.24, 2.45) is 0 Å². The molecule has 2 N–H and O–H groups in total. The zero-order valence-electron chi connectivity index (χ0n) is 20.4. The molecule has 1 aromatic heterocycles. The number of hydroxylamine groups is 2. The minimum Gasteiger partial charge on any atom is -0.457 e. The molecular formula is C23H30Cl3N5O6S. The molecule has 1 aliphatic rings. The van der Waals surface area contributed by atoms with Crippen LogP contribution in [0.1, 0.15) is 12.8 Å². The second kappa shape index (κ2) is 14.6. The van der Waals surface area contributed by atoms with Crippen LogP contribution in [-0.4, -0.2) is 77.5 Å². The van der Waals surface area contributed by atoms with E-state index in [0.717, 1.165) is 5.69 Å². The van der Waals surface area contributed by atoms with Crippen molar-refractivity contribution in [3.8, 4) is 17.2 Å². The monoisotopic (exact) mass is 609 g/mol. The maximum absolute atomic E-state index is 13.7. The average molecular weight is 611 g/mol. The number of piperidine rings is 1. The van der Waals surface area contributed by atoms with Gasteiger partial charge in [-0.3, -0.25) is 10.0 Å². The Bertz CT molecular complexity index is 1240. The lowest BCUT2D eigenvalue weighted by Crippen LogP contribution is -2.58. The summed E-state index contributed by atoms with van der Waals surface area (Å²) < 4.78 is 37.9. The lowest BCUT2D eigenvalue weighted by atomic mass is 9.95. The fourth-order valence-electron chi connectivity index (χ4n) is 4.00. The van der Waals surface area contributed by atoms with E-state index < -0.39 is 20.5 Å². The molecule has 0 spiro atoms. The molecule has 11 nitrogen and oxygen atoms in total. The Kier molecular flexibility index (Phi) is 12.9. The van der Waals surface area contributed by atoms with Crippen LogP contribution in [0.3, 0.4) is 0 Å². The third kappa shape index (κ3) is 6.94. The molecule has 1 amide bonds. The van der Waals surface area contributed by atoms with Gasteiger partial charge in [0.25, 0.3) is 5.91 Å². The van der Waals surface area contributed by atoms with Gasteiger partial charge in [-0.05, 0) is 74.5 Å². The highest BCUT2D eigenvalue weighted by molar-refractivity contribution is 7.93. The summed E-state index contributed by atoms with van der Waals surface area (Å²) in [6.45, 7) is 0.648. The SMILES string of the molecule is COCCN(O)C(=O)C1(S(=O)(=O)c2ccc(Oc3ccc(-n4cncn4)cc3)cc2)CCNCC1.Cl.Cl.Cl. The first-order valence-corrected chi connectivity index (χ1v) is 12.5. The minimum absolute atomic E-state index is 0. The number of nitrogens with zero attached hydrogens (tertiary/aromatic N) is 4. The van der Waals surface area contributed by atoms with Gasteiger partial charge in [0.1, 0.15) is 24.2 Å². The molecule has 1 saturated heterocycles. The zero-order chi connectivity index (χ0) is 24.9. The summed E-state index contributed by atoms with van der Waals surface area (Å²) in [5.74, 6) is 0.152. The molecule has 210 valence electrons. The first-order valence-electron chi connectivity index (χ1n) is 11.1. The molecule has 0 aliphatic carbocycles. The number of ether oxygens (including phenoxy) is 2. The van der Waals surface area contributed by atoms with Gasteiger partial charge in [0.2, 0.25) is 0 Å². The second-order valence-electron chi connectivity index (χ2n) is 8.08. The number of carbonyl (C=O) groups is 1. The summed E-state index contributed by atoms with van der Waals surface area (Å²) in [5.41, 5.74) is 0.816. The molecule has 0 saturated carbocycles. The Labute approximate surface area is 239 Å². The highest BCUT2D eigenvalue weighted by atomic mass is 35.5. The van der Waals surface area contributed by atoms with Gasteiger partial charge >= 0.3 is 0 Å². The van der Waals surface area contributed by atoms with Crippen molar-refractivity contribution in [3.63, 3.8) is 0 Å². The highest BCUT2D eigenvalue weighted by Crippen LogP contribution is 2.36. The number of benzene rings is 2. The fourth-order valence-corrected chi connectivity index (χ4v) is 6.02. The van der Waals surface area contributed by atoms with Crippen LogP contribution in [0.2, 0.25) is 0 Å². The smallest absolute Gasteiger partial charge is 0.267 e. The number of rotatable bonds is 9. The first-order chi connectivity index (χ1) is 16.9. The number of sulfone groups is 1. The zero-order valence-corrected chi connectivity index (χ0v) is 23.7. The number of methoxy groups -OCH3 is 1. The van der Waals surface area contributed by atoms with Crippen molar-refractivity contribution in [1.29, 1.82) is 0 Å². The van der Waals surface area contributed by atoms with Crippen molar-refractivity contribution in [2.45, 2.75) is 22.5 Å². The number of carbonyl (C=O) groups excluding carboxylic acids is 1. The minimum atomic E-state index is -4.12. The molecule has 2 heterocycles. The quantitative estimate of drug-likeness (QED) is 0.277. The number of aromatic nitrogens is 3. The van der Waals surface area contributed by atoms with Gasteiger partial charge in [-0.2, -0.15) is 5.10 Å². The topological polar surface area (TPSA) is 136 Å². The summed E-state index contributed by atoms with van der Waals surface area (Å²) in [7, 11) is -2.68. The van der Waals surface area contributed by atoms with E-state index in [4.69, 9.17) is 9.47 Å². The van der Waals surface area contributed by atoms with Crippen LogP contribution < -0.4 is 10.1 Å². The van der Waals surface area contributed by atoms with E-state index in [2.05, 4.69) is 15.4 Å². The molecule has 1 fully saturated rings. The van der Waals surface area contributed by atoms with Crippen molar-refractivity contribution in [2.75, 3.05) is 33.4 Å². The van der Waals surface area contributed by atoms with Crippen molar-refractivity contribution < 1.29 is 27.9 Å². The molecule has 38 heavy (non-hydrogen) atoms. The molecule has 0 radical (unpaired) electrons. The van der Waals surface area contributed by atoms with Crippen LogP contribution in [0, 0.1) is 0 Å². The standard InChI is InChI=1S/C23H27N5O6S.3ClH/c1-33-15-14-28(30)22(29)23(10-12-24-13-11-23)35(31,32)21-8-6-20(7-9-21)34-19-4-2-18(3-5-19)27-17-25-16-26-27;;;/h2-9,16-17,24,30H,10-15H2,1H3;3*1H. The summed E-state index contributed by atoms with van der Waals surface area (Å²) in [6, 6.07) is 13.1. The molecule has 0 atom stereocenters. The lowest BCUT2D eigenvalue weighted by Gasteiger charge is -2.37. The third-order valence-corrected chi connectivity index (χ3v) is 8.45. The number of nitrogens with one attached hydrogen (secondary N) is 1. The van der Waals surface area contributed by atoms with Gasteiger partial charge in [0.05, 0.1) is 23.7 Å². The summed E-state index contributed by atoms with van der Waals surface area (Å²) >= 11 is 0. The molecule has 1 aliphatic heterocycles. The van der Waals surface area contributed by atoms with E-state index in [1.165, 1.54) is 25.6 Å². The maximum atomic E-state index is 13.7. The predicted octanol–water partition coefficient (Wildman–Crippen LogP) is 3.09. The molecule has 2 aromatic carbocycles. The number of halogens is 3. The first kappa shape index (κ1) is 33.6. The van der Waals surface area contributed by atoms with Gasteiger partial charge in [0, 0.05) is 7.11 Å². The Balaban J connectivity index is 0.00000241. The van der Waals surface area contributed by atoms with Crippen molar-refractivity contribution >= 4 is 53.0 Å². The Morgan fingerprint density at radius 3 is 2.16 bits per heavy atom. The van der Waals surface area contributed by atoms with E-state index in [0.29, 0.717) is 29.7 Å². The summed E-state index contributed by atoms with van der Waals surface area (Å²) in [6.07, 6.45) is 3.13. The number of hydrogen-bond donors (Lipinski definition) is 2. The van der Waals surface area contributed by atoms with Crippen LogP contribution in [0.25, 0.3) is 5.69 Å². The van der Waals surface area contributed by atoms with Crippen LogP contribution in [0.4, 0.5) is 0 Å². The number of amides is 1. The summed E-state index contributed by atoms with van der Waals surface area (Å²) in [4.78, 5) is 17.0. The van der Waals surface area contributed by atoms with Crippen LogP contribution in [0.5, 0.6) is 11.5 Å². The maximum Gasteiger partial charge on any atom is 0.267 e. The van der Waals surface area contributed by atoms with E-state index in [1.807, 2.05) is 12.1 Å². The Morgan fingerprint density at radius 1 is 1.05 bits per heavy atom. The molecule has 0 unspecified atom stereocenters.